The first-order valence-electron chi connectivity index (χ1n) is 5.08. The Hall–Kier alpha value is -1.69. The number of halogens is 5. The zero-order valence-corrected chi connectivity index (χ0v) is 10.3. The molecule has 0 atom stereocenters. The first-order chi connectivity index (χ1) is 8.93. The summed E-state index contributed by atoms with van der Waals surface area (Å²) in [6.07, 6.45) is -1.74. The molecule has 0 radical (unpaired) electrons. The molecule has 0 saturated heterocycles. The molecule has 0 amide bonds. The van der Waals surface area contributed by atoms with Crippen molar-refractivity contribution in [2.45, 2.75) is 12.9 Å². The number of alkyl halides is 4. The predicted molar refractivity (Wildman–Crippen MR) is 63.3 cm³/mol. The minimum Gasteiger partial charge on any atom is -0.259 e. The molecular weight excluding hydrogens is 284 g/mol. The van der Waals surface area contributed by atoms with Gasteiger partial charge in [-0.3, -0.25) is 4.98 Å². The van der Waals surface area contributed by atoms with Crippen molar-refractivity contribution < 1.29 is 17.6 Å². The van der Waals surface area contributed by atoms with Crippen LogP contribution in [0.4, 0.5) is 17.6 Å². The topological polar surface area (TPSA) is 25.8 Å². The maximum absolute atomic E-state index is 11.9. The molecule has 2 aromatic rings. The summed E-state index contributed by atoms with van der Waals surface area (Å²) >= 11 is 5.24. The average Bonchev–Trinajstić information content (AvgIpc) is 2.39. The van der Waals surface area contributed by atoms with Crippen molar-refractivity contribution >= 4 is 11.6 Å². The van der Waals surface area contributed by atoms with Gasteiger partial charge in [-0.05, 0) is 24.3 Å². The second-order valence-electron chi connectivity index (χ2n) is 3.32. The van der Waals surface area contributed by atoms with E-state index in [9.17, 15) is 17.6 Å². The minimum atomic E-state index is -4.34. The molecule has 7 heteroatoms. The summed E-state index contributed by atoms with van der Waals surface area (Å²) < 4.78 is 47.3. The Morgan fingerprint density at radius 2 is 1.79 bits per heavy atom. The van der Waals surface area contributed by atoms with E-state index >= 15 is 0 Å². The Morgan fingerprint density at radius 1 is 1.05 bits per heavy atom. The van der Waals surface area contributed by atoms with E-state index in [1.54, 1.807) is 24.4 Å². The van der Waals surface area contributed by atoms with Crippen LogP contribution in [-0.2, 0) is 12.9 Å². The molecule has 2 heterocycles. The van der Waals surface area contributed by atoms with Crippen LogP contribution in [0.5, 0.6) is 0 Å². The lowest BCUT2D eigenvalue weighted by Gasteiger charge is -2.04. The van der Waals surface area contributed by atoms with E-state index in [-0.39, 0.29) is 5.15 Å². The van der Waals surface area contributed by atoms with Crippen LogP contribution < -0.4 is 0 Å². The molecule has 0 aliphatic heterocycles. The highest BCUT2D eigenvalue weighted by atomic mass is 35.5. The van der Waals surface area contributed by atoms with Crippen LogP contribution in [0.25, 0.3) is 0 Å². The average molecular weight is 293 g/mol. The van der Waals surface area contributed by atoms with E-state index in [2.05, 4.69) is 9.97 Å². The third-order valence-electron chi connectivity index (χ3n) is 1.92. The van der Waals surface area contributed by atoms with E-state index < -0.39 is 18.4 Å². The number of hydrogen-bond donors (Lipinski definition) is 0. The van der Waals surface area contributed by atoms with Crippen molar-refractivity contribution in [1.29, 1.82) is 0 Å². The molecule has 19 heavy (non-hydrogen) atoms. The highest BCUT2D eigenvalue weighted by Gasteiger charge is 2.30. The fraction of sp³-hybridized carbons (Fsp3) is 0.167. The molecule has 102 valence electrons. The Bertz CT molecular complexity index is 503. The van der Waals surface area contributed by atoms with Gasteiger partial charge in [0.1, 0.15) is 11.8 Å². The van der Waals surface area contributed by atoms with E-state index in [4.69, 9.17) is 11.6 Å². The molecule has 2 rings (SSSR count). The largest absolute Gasteiger partial charge is 0.416 e. The van der Waals surface area contributed by atoms with Gasteiger partial charge >= 0.3 is 6.18 Å². The summed E-state index contributed by atoms with van der Waals surface area (Å²) in [5.41, 5.74) is -0.287. The lowest BCUT2D eigenvalue weighted by atomic mass is 10.3. The third kappa shape index (κ3) is 5.65. The van der Waals surface area contributed by atoms with Crippen LogP contribution in [0.3, 0.4) is 0 Å². The molecule has 0 spiro atoms. The van der Waals surface area contributed by atoms with Gasteiger partial charge in [-0.15, -0.1) is 0 Å². The Kier molecular flexibility index (Phi) is 5.69. The van der Waals surface area contributed by atoms with Gasteiger partial charge in [0.05, 0.1) is 11.3 Å². The van der Waals surface area contributed by atoms with Gasteiger partial charge in [-0.1, -0.05) is 17.7 Å². The molecule has 0 aromatic carbocycles. The van der Waals surface area contributed by atoms with Gasteiger partial charge in [0.25, 0.3) is 0 Å². The second kappa shape index (κ2) is 7.04. The standard InChI is InChI=1S/C6H3ClF3N.C6H6FN/c7-5-3-4(1-2-11-5)6(8,9)10;7-5-6-3-1-2-4-8-6/h1-3H;1-4H,5H2. The van der Waals surface area contributed by atoms with E-state index in [1.165, 1.54) is 0 Å². The maximum atomic E-state index is 11.9. The van der Waals surface area contributed by atoms with Gasteiger partial charge in [0, 0.05) is 12.4 Å². The van der Waals surface area contributed by atoms with Gasteiger partial charge in [-0.2, -0.15) is 13.2 Å². The lowest BCUT2D eigenvalue weighted by Crippen LogP contribution is -2.04. The van der Waals surface area contributed by atoms with Crippen LogP contribution >= 0.6 is 11.6 Å². The van der Waals surface area contributed by atoms with Gasteiger partial charge in [0.2, 0.25) is 0 Å². The van der Waals surface area contributed by atoms with Crippen LogP contribution in [0.15, 0.2) is 42.7 Å². The molecule has 2 aromatic heterocycles. The number of aromatic nitrogens is 2. The van der Waals surface area contributed by atoms with Crippen molar-refractivity contribution in [3.05, 3.63) is 59.1 Å². The third-order valence-corrected chi connectivity index (χ3v) is 2.12. The summed E-state index contributed by atoms with van der Waals surface area (Å²) in [6.45, 7) is -0.471. The highest BCUT2D eigenvalue weighted by molar-refractivity contribution is 6.29. The molecule has 0 aliphatic rings. The van der Waals surface area contributed by atoms with Crippen LogP contribution in [-0.4, -0.2) is 9.97 Å². The summed E-state index contributed by atoms with van der Waals surface area (Å²) in [7, 11) is 0. The number of pyridine rings is 2. The zero-order valence-electron chi connectivity index (χ0n) is 9.53. The fourth-order valence-corrected chi connectivity index (χ4v) is 1.23. The summed E-state index contributed by atoms with van der Waals surface area (Å²) in [6, 6.07) is 6.83. The quantitative estimate of drug-likeness (QED) is 0.578. The molecule has 0 fully saturated rings. The van der Waals surface area contributed by atoms with Gasteiger partial charge in [-0.25, -0.2) is 9.37 Å². The lowest BCUT2D eigenvalue weighted by molar-refractivity contribution is -0.137. The van der Waals surface area contributed by atoms with Crippen LogP contribution in [0.1, 0.15) is 11.3 Å². The second-order valence-corrected chi connectivity index (χ2v) is 3.71. The van der Waals surface area contributed by atoms with Crippen molar-refractivity contribution in [2.24, 2.45) is 0 Å². The first-order valence-corrected chi connectivity index (χ1v) is 5.46. The van der Waals surface area contributed by atoms with E-state index in [0.29, 0.717) is 5.69 Å². The maximum Gasteiger partial charge on any atom is 0.416 e. The SMILES string of the molecule is FC(F)(F)c1ccnc(Cl)c1.FCc1ccccn1. The predicted octanol–water partition coefficient (Wildman–Crippen LogP) is 4.30. The molecule has 0 unspecified atom stereocenters. The number of nitrogens with zero attached hydrogens (tertiary/aromatic N) is 2. The Balaban J connectivity index is 0.000000200. The Morgan fingerprint density at radius 3 is 2.16 bits per heavy atom. The summed E-state index contributed by atoms with van der Waals surface area (Å²) in [5, 5.41) is -0.153. The van der Waals surface area contributed by atoms with Crippen molar-refractivity contribution in [3.63, 3.8) is 0 Å². The highest BCUT2D eigenvalue weighted by Crippen LogP contribution is 2.29. The van der Waals surface area contributed by atoms with Crippen molar-refractivity contribution in [3.8, 4) is 0 Å². The normalized spacial score (nSPS) is 10.6. The summed E-state index contributed by atoms with van der Waals surface area (Å²) in [4.78, 5) is 7.14. The summed E-state index contributed by atoms with van der Waals surface area (Å²) in [5.74, 6) is 0. The van der Waals surface area contributed by atoms with E-state index in [1.807, 2.05) is 0 Å². The zero-order chi connectivity index (χ0) is 14.3. The molecular formula is C12H9ClF4N2. The monoisotopic (exact) mass is 292 g/mol. The molecule has 0 bridgehead atoms. The number of hydrogen-bond acceptors (Lipinski definition) is 2. The van der Waals surface area contributed by atoms with Gasteiger partial charge in [0.15, 0.2) is 0 Å². The fourth-order valence-electron chi connectivity index (χ4n) is 1.06. The van der Waals surface area contributed by atoms with Gasteiger partial charge < -0.3 is 0 Å². The molecule has 0 N–H and O–H groups in total. The first kappa shape index (κ1) is 15.4. The van der Waals surface area contributed by atoms with E-state index in [0.717, 1.165) is 18.3 Å². The minimum absolute atomic E-state index is 0.153. The smallest absolute Gasteiger partial charge is 0.259 e. The van der Waals surface area contributed by atoms with Crippen LogP contribution in [0, 0.1) is 0 Å². The molecule has 0 saturated carbocycles. The molecule has 2 nitrogen and oxygen atoms in total. The number of rotatable bonds is 1. The molecule has 0 aliphatic carbocycles. The Labute approximate surface area is 112 Å². The van der Waals surface area contributed by atoms with Crippen molar-refractivity contribution in [1.82, 2.24) is 9.97 Å². The van der Waals surface area contributed by atoms with Crippen molar-refractivity contribution in [2.75, 3.05) is 0 Å². The van der Waals surface area contributed by atoms with Crippen LogP contribution in [0.2, 0.25) is 5.15 Å².